The third-order valence-corrected chi connectivity index (χ3v) is 6.94. The molecule has 2 aliphatic rings. The van der Waals surface area contributed by atoms with Crippen molar-refractivity contribution in [2.45, 2.75) is 56.4 Å². The molecule has 1 amide bonds. The standard InChI is InChI=1S/C18H26N2O3S/c1-14-5-2-3-7-17(14)24(22,23)20-12-4-6-15(13-20)8-11-18(21)19-16-9-10-16/h2-3,5,7,15-16H,4,6,8-13H2,1H3,(H,19,21). The van der Waals surface area contributed by atoms with Gasteiger partial charge in [-0.1, -0.05) is 18.2 Å². The van der Waals surface area contributed by atoms with E-state index in [1.165, 1.54) is 0 Å². The molecule has 0 spiro atoms. The van der Waals surface area contributed by atoms with Gasteiger partial charge in [0.05, 0.1) is 4.90 Å². The first kappa shape index (κ1) is 17.4. The van der Waals surface area contributed by atoms with E-state index in [1.807, 2.05) is 19.1 Å². The minimum absolute atomic E-state index is 0.108. The molecule has 1 saturated heterocycles. The molecule has 2 fully saturated rings. The van der Waals surface area contributed by atoms with Crippen molar-refractivity contribution >= 4 is 15.9 Å². The van der Waals surface area contributed by atoms with E-state index < -0.39 is 10.0 Å². The van der Waals surface area contributed by atoms with Crippen LogP contribution < -0.4 is 5.32 Å². The van der Waals surface area contributed by atoms with E-state index in [0.29, 0.717) is 30.4 Å². The molecule has 1 saturated carbocycles. The lowest BCUT2D eigenvalue weighted by atomic mass is 9.94. The number of hydrogen-bond acceptors (Lipinski definition) is 3. The van der Waals surface area contributed by atoms with Crippen LogP contribution in [0, 0.1) is 12.8 Å². The van der Waals surface area contributed by atoms with Crippen LogP contribution in [0.2, 0.25) is 0 Å². The zero-order valence-corrected chi connectivity index (χ0v) is 15.0. The molecule has 0 aromatic heterocycles. The molecule has 1 aromatic carbocycles. The maximum absolute atomic E-state index is 12.9. The number of amides is 1. The summed E-state index contributed by atoms with van der Waals surface area (Å²) < 4.78 is 27.4. The van der Waals surface area contributed by atoms with Crippen molar-refractivity contribution in [1.29, 1.82) is 0 Å². The van der Waals surface area contributed by atoms with Crippen molar-refractivity contribution in [2.75, 3.05) is 13.1 Å². The van der Waals surface area contributed by atoms with Gasteiger partial charge in [0.15, 0.2) is 0 Å². The van der Waals surface area contributed by atoms with E-state index in [-0.39, 0.29) is 11.8 Å². The molecule has 1 aliphatic carbocycles. The normalized spacial score (nSPS) is 22.3. The van der Waals surface area contributed by atoms with Crippen molar-refractivity contribution in [3.63, 3.8) is 0 Å². The molecule has 0 bridgehead atoms. The van der Waals surface area contributed by atoms with E-state index in [9.17, 15) is 13.2 Å². The minimum Gasteiger partial charge on any atom is -0.353 e. The summed E-state index contributed by atoms with van der Waals surface area (Å²) in [6.07, 6.45) is 5.31. The molecule has 1 aliphatic heterocycles. The first-order chi connectivity index (χ1) is 11.5. The molecule has 24 heavy (non-hydrogen) atoms. The fourth-order valence-corrected chi connectivity index (χ4v) is 5.11. The predicted octanol–water partition coefficient (Wildman–Crippen LogP) is 2.45. The van der Waals surface area contributed by atoms with Crippen molar-refractivity contribution in [2.24, 2.45) is 5.92 Å². The topological polar surface area (TPSA) is 66.5 Å². The number of carbonyl (C=O) groups excluding carboxylic acids is 1. The lowest BCUT2D eigenvalue weighted by Crippen LogP contribution is -2.40. The Morgan fingerprint density at radius 2 is 2.00 bits per heavy atom. The lowest BCUT2D eigenvalue weighted by molar-refractivity contribution is -0.121. The summed E-state index contributed by atoms with van der Waals surface area (Å²) >= 11 is 0. The summed E-state index contributed by atoms with van der Waals surface area (Å²) in [5, 5.41) is 3.00. The van der Waals surface area contributed by atoms with Gasteiger partial charge in [-0.3, -0.25) is 4.79 Å². The van der Waals surface area contributed by atoms with Crippen LogP contribution in [-0.2, 0) is 14.8 Å². The quantitative estimate of drug-likeness (QED) is 0.857. The van der Waals surface area contributed by atoms with Gasteiger partial charge in [-0.15, -0.1) is 0 Å². The van der Waals surface area contributed by atoms with Crippen LogP contribution in [-0.4, -0.2) is 37.8 Å². The van der Waals surface area contributed by atoms with E-state index in [0.717, 1.165) is 37.7 Å². The second-order valence-electron chi connectivity index (χ2n) is 7.02. The monoisotopic (exact) mass is 350 g/mol. The van der Waals surface area contributed by atoms with Gasteiger partial charge in [0.1, 0.15) is 0 Å². The summed E-state index contributed by atoms with van der Waals surface area (Å²) in [5.41, 5.74) is 0.781. The van der Waals surface area contributed by atoms with Crippen LogP contribution in [0.1, 0.15) is 44.1 Å². The van der Waals surface area contributed by atoms with Gasteiger partial charge in [-0.25, -0.2) is 8.42 Å². The minimum atomic E-state index is -3.44. The SMILES string of the molecule is Cc1ccccc1S(=O)(=O)N1CCCC(CCC(=O)NC2CC2)C1. The van der Waals surface area contributed by atoms with Gasteiger partial charge in [0, 0.05) is 25.6 Å². The van der Waals surface area contributed by atoms with E-state index in [1.54, 1.807) is 16.4 Å². The number of piperidine rings is 1. The maximum atomic E-state index is 12.9. The molecule has 5 nitrogen and oxygen atoms in total. The smallest absolute Gasteiger partial charge is 0.243 e. The largest absolute Gasteiger partial charge is 0.353 e. The fourth-order valence-electron chi connectivity index (χ4n) is 3.33. The van der Waals surface area contributed by atoms with Crippen LogP contribution in [0.4, 0.5) is 0 Å². The fraction of sp³-hybridized carbons (Fsp3) is 0.611. The Balaban J connectivity index is 1.60. The summed E-state index contributed by atoms with van der Waals surface area (Å²) in [7, 11) is -3.44. The zero-order chi connectivity index (χ0) is 17.2. The predicted molar refractivity (Wildman–Crippen MR) is 93.1 cm³/mol. The number of hydrogen-bond donors (Lipinski definition) is 1. The van der Waals surface area contributed by atoms with Crippen molar-refractivity contribution < 1.29 is 13.2 Å². The average molecular weight is 350 g/mol. The highest BCUT2D eigenvalue weighted by Gasteiger charge is 2.31. The molecule has 1 N–H and O–H groups in total. The number of sulfonamides is 1. The zero-order valence-electron chi connectivity index (χ0n) is 14.2. The Bertz CT molecular complexity index is 698. The van der Waals surface area contributed by atoms with Gasteiger partial charge in [-0.2, -0.15) is 4.31 Å². The first-order valence-electron chi connectivity index (χ1n) is 8.82. The maximum Gasteiger partial charge on any atom is 0.243 e. The van der Waals surface area contributed by atoms with Crippen LogP contribution in [0.3, 0.4) is 0 Å². The summed E-state index contributed by atoms with van der Waals surface area (Å²) in [6.45, 7) is 2.92. The van der Waals surface area contributed by atoms with Crippen LogP contribution in [0.15, 0.2) is 29.2 Å². The average Bonchev–Trinajstić information content (AvgIpc) is 3.37. The van der Waals surface area contributed by atoms with Gasteiger partial charge >= 0.3 is 0 Å². The number of carbonyl (C=O) groups is 1. The van der Waals surface area contributed by atoms with E-state index >= 15 is 0 Å². The van der Waals surface area contributed by atoms with E-state index in [2.05, 4.69) is 5.32 Å². The molecule has 0 radical (unpaired) electrons. The van der Waals surface area contributed by atoms with Gasteiger partial charge in [0.2, 0.25) is 15.9 Å². The molecule has 3 rings (SSSR count). The van der Waals surface area contributed by atoms with Crippen LogP contribution in [0.25, 0.3) is 0 Å². The van der Waals surface area contributed by atoms with Crippen molar-refractivity contribution in [1.82, 2.24) is 9.62 Å². The Labute approximate surface area is 144 Å². The number of rotatable bonds is 6. The van der Waals surface area contributed by atoms with E-state index in [4.69, 9.17) is 0 Å². The van der Waals surface area contributed by atoms with Crippen molar-refractivity contribution in [3.8, 4) is 0 Å². The molecular weight excluding hydrogens is 324 g/mol. The number of benzene rings is 1. The van der Waals surface area contributed by atoms with Gasteiger partial charge in [-0.05, 0) is 56.6 Å². The highest BCUT2D eigenvalue weighted by atomic mass is 32.2. The van der Waals surface area contributed by atoms with Crippen LogP contribution >= 0.6 is 0 Å². The molecule has 132 valence electrons. The Hall–Kier alpha value is -1.40. The molecule has 1 heterocycles. The summed E-state index contributed by atoms with van der Waals surface area (Å²) in [6, 6.07) is 7.52. The van der Waals surface area contributed by atoms with Crippen molar-refractivity contribution in [3.05, 3.63) is 29.8 Å². The summed E-state index contributed by atoms with van der Waals surface area (Å²) in [5.74, 6) is 0.374. The molecule has 1 unspecified atom stereocenters. The third kappa shape index (κ3) is 4.16. The highest BCUT2D eigenvalue weighted by molar-refractivity contribution is 7.89. The molecule has 1 aromatic rings. The Morgan fingerprint density at radius 1 is 1.25 bits per heavy atom. The summed E-state index contributed by atoms with van der Waals surface area (Å²) in [4.78, 5) is 12.2. The third-order valence-electron chi connectivity index (χ3n) is 4.92. The number of nitrogens with one attached hydrogen (secondary N) is 1. The highest BCUT2D eigenvalue weighted by Crippen LogP contribution is 2.27. The molecule has 6 heteroatoms. The van der Waals surface area contributed by atoms with Gasteiger partial charge < -0.3 is 5.32 Å². The second-order valence-corrected chi connectivity index (χ2v) is 8.92. The molecule has 1 atom stereocenters. The van der Waals surface area contributed by atoms with Crippen LogP contribution in [0.5, 0.6) is 0 Å². The Morgan fingerprint density at radius 3 is 2.71 bits per heavy atom. The first-order valence-corrected chi connectivity index (χ1v) is 10.3. The second kappa shape index (κ2) is 7.23. The molecular formula is C18H26N2O3S. The van der Waals surface area contributed by atoms with Gasteiger partial charge in [0.25, 0.3) is 0 Å². The number of nitrogens with zero attached hydrogens (tertiary/aromatic N) is 1. The Kier molecular flexibility index (Phi) is 5.25. The number of aryl methyl sites for hydroxylation is 1. The lowest BCUT2D eigenvalue weighted by Gasteiger charge is -2.32.